The number of carboxylic acids is 1. The average Bonchev–Trinajstić information content (AvgIpc) is 2.89. The quantitative estimate of drug-likeness (QED) is 0.644. The number of nitrogens with one attached hydrogen (secondary N) is 1. The molecule has 21 heavy (non-hydrogen) atoms. The Morgan fingerprint density at radius 1 is 1.48 bits per heavy atom. The summed E-state index contributed by atoms with van der Waals surface area (Å²) in [6.07, 6.45) is 0.963. The summed E-state index contributed by atoms with van der Waals surface area (Å²) < 4.78 is 36.2. The molecular weight excluding hydrogens is 302 g/mol. The SMILES string of the molecule is COCCN(C(C)COC)S(=O)(=O)c1[nH]ncc1C(=O)O. The summed E-state index contributed by atoms with van der Waals surface area (Å²) in [4.78, 5) is 11.1. The van der Waals surface area contributed by atoms with Gasteiger partial charge in [-0.05, 0) is 6.92 Å². The molecule has 1 rings (SSSR count). The first-order valence-corrected chi connectivity index (χ1v) is 7.56. The third-order valence-electron chi connectivity index (χ3n) is 2.82. The number of carboxylic acid groups (broad SMARTS) is 1. The lowest BCUT2D eigenvalue weighted by atomic mass is 10.3. The minimum Gasteiger partial charge on any atom is -0.478 e. The summed E-state index contributed by atoms with van der Waals surface area (Å²) >= 11 is 0. The molecule has 0 amide bonds. The number of ether oxygens (including phenoxy) is 2. The third-order valence-corrected chi connectivity index (χ3v) is 4.80. The molecule has 1 atom stereocenters. The van der Waals surface area contributed by atoms with E-state index in [0.29, 0.717) is 0 Å². The third kappa shape index (κ3) is 4.00. The first-order valence-electron chi connectivity index (χ1n) is 6.12. The van der Waals surface area contributed by atoms with Crippen molar-refractivity contribution in [3.05, 3.63) is 11.8 Å². The smallest absolute Gasteiger partial charge is 0.340 e. The Morgan fingerprint density at radius 3 is 2.67 bits per heavy atom. The molecule has 2 N–H and O–H groups in total. The summed E-state index contributed by atoms with van der Waals surface area (Å²) in [6, 6.07) is -0.486. The number of rotatable bonds is 9. The van der Waals surface area contributed by atoms with E-state index < -0.39 is 32.6 Å². The second-order valence-electron chi connectivity index (χ2n) is 4.33. The number of nitrogens with zero attached hydrogens (tertiary/aromatic N) is 2. The lowest BCUT2D eigenvalue weighted by Crippen LogP contribution is -2.43. The number of carbonyl (C=O) groups is 1. The highest BCUT2D eigenvalue weighted by molar-refractivity contribution is 7.89. The van der Waals surface area contributed by atoms with Crippen molar-refractivity contribution in [3.63, 3.8) is 0 Å². The predicted octanol–water partition coefficient (Wildman–Crippen LogP) is -0.220. The molecule has 1 unspecified atom stereocenters. The van der Waals surface area contributed by atoms with Gasteiger partial charge in [-0.3, -0.25) is 5.10 Å². The number of aromatic nitrogens is 2. The van der Waals surface area contributed by atoms with E-state index in [0.717, 1.165) is 10.5 Å². The number of sulfonamides is 1. The van der Waals surface area contributed by atoms with Gasteiger partial charge < -0.3 is 14.6 Å². The monoisotopic (exact) mass is 321 g/mol. The first-order chi connectivity index (χ1) is 9.86. The molecule has 1 heterocycles. The van der Waals surface area contributed by atoms with Gasteiger partial charge in [-0.25, -0.2) is 13.2 Å². The summed E-state index contributed by atoms with van der Waals surface area (Å²) in [7, 11) is -1.15. The number of hydrogen-bond donors (Lipinski definition) is 2. The second-order valence-corrected chi connectivity index (χ2v) is 6.16. The lowest BCUT2D eigenvalue weighted by Gasteiger charge is -2.27. The summed E-state index contributed by atoms with van der Waals surface area (Å²) in [5.41, 5.74) is -0.401. The van der Waals surface area contributed by atoms with Gasteiger partial charge >= 0.3 is 5.97 Å². The van der Waals surface area contributed by atoms with Gasteiger partial charge in [0.05, 0.1) is 19.4 Å². The van der Waals surface area contributed by atoms with Crippen LogP contribution >= 0.6 is 0 Å². The van der Waals surface area contributed by atoms with Gasteiger partial charge in [0.2, 0.25) is 0 Å². The maximum absolute atomic E-state index is 12.6. The van der Waals surface area contributed by atoms with E-state index in [4.69, 9.17) is 14.6 Å². The highest BCUT2D eigenvalue weighted by Gasteiger charge is 2.33. The number of aromatic amines is 1. The van der Waals surface area contributed by atoms with E-state index in [-0.39, 0.29) is 19.8 Å². The van der Waals surface area contributed by atoms with Crippen LogP contribution in [0.15, 0.2) is 11.2 Å². The topological polar surface area (TPSA) is 122 Å². The van der Waals surface area contributed by atoms with Gasteiger partial charge in [0, 0.05) is 26.8 Å². The summed E-state index contributed by atoms with van der Waals surface area (Å²) in [5, 5.41) is 14.3. The van der Waals surface area contributed by atoms with E-state index in [2.05, 4.69) is 10.2 Å². The van der Waals surface area contributed by atoms with Gasteiger partial charge in [-0.2, -0.15) is 9.40 Å². The molecular formula is C11H19N3O6S. The molecule has 0 saturated heterocycles. The van der Waals surface area contributed by atoms with Gasteiger partial charge in [0.25, 0.3) is 10.0 Å². The molecule has 0 fully saturated rings. The van der Waals surface area contributed by atoms with Crippen molar-refractivity contribution >= 4 is 16.0 Å². The van der Waals surface area contributed by atoms with Crippen LogP contribution in [-0.4, -0.2) is 74.0 Å². The minimum absolute atomic E-state index is 0.0709. The van der Waals surface area contributed by atoms with Crippen molar-refractivity contribution < 1.29 is 27.8 Å². The minimum atomic E-state index is -4.05. The Balaban J connectivity index is 3.19. The van der Waals surface area contributed by atoms with E-state index in [1.165, 1.54) is 14.2 Å². The Labute approximate surface area is 122 Å². The van der Waals surface area contributed by atoms with Gasteiger partial charge in [-0.1, -0.05) is 0 Å². The molecule has 0 saturated carbocycles. The van der Waals surface area contributed by atoms with E-state index in [9.17, 15) is 13.2 Å². The molecule has 1 aromatic heterocycles. The Hall–Kier alpha value is -1.49. The molecule has 120 valence electrons. The molecule has 10 heteroatoms. The first kappa shape index (κ1) is 17.6. The Kier molecular flexibility index (Phi) is 6.27. The predicted molar refractivity (Wildman–Crippen MR) is 72.7 cm³/mol. The van der Waals surface area contributed by atoms with Crippen LogP contribution in [0.4, 0.5) is 0 Å². The van der Waals surface area contributed by atoms with Crippen molar-refractivity contribution in [3.8, 4) is 0 Å². The number of aromatic carboxylic acids is 1. The molecule has 1 aromatic rings. The molecule has 0 bridgehead atoms. The number of H-pyrrole nitrogens is 1. The van der Waals surface area contributed by atoms with Gasteiger partial charge in [0.15, 0.2) is 5.03 Å². The molecule has 9 nitrogen and oxygen atoms in total. The molecule has 0 aliphatic heterocycles. The van der Waals surface area contributed by atoms with Crippen molar-refractivity contribution in [1.29, 1.82) is 0 Å². The van der Waals surface area contributed by atoms with Crippen LogP contribution in [0.25, 0.3) is 0 Å². The molecule has 0 radical (unpaired) electrons. The van der Waals surface area contributed by atoms with Crippen molar-refractivity contribution in [2.24, 2.45) is 0 Å². The van der Waals surface area contributed by atoms with Crippen LogP contribution in [0.2, 0.25) is 0 Å². The normalized spacial score (nSPS) is 13.5. The standard InChI is InChI=1S/C11H19N3O6S/c1-8(7-20-3)14(4-5-19-2)21(17,18)10-9(11(15)16)6-12-13-10/h6,8H,4-5,7H2,1-3H3,(H,12,13)(H,15,16). The molecule has 0 spiro atoms. The molecule has 0 aliphatic rings. The van der Waals surface area contributed by atoms with Gasteiger partial charge in [-0.15, -0.1) is 0 Å². The van der Waals surface area contributed by atoms with Crippen molar-refractivity contribution in [2.45, 2.75) is 18.0 Å². The Bertz CT molecular complexity index is 570. The van der Waals surface area contributed by atoms with Crippen LogP contribution < -0.4 is 0 Å². The van der Waals surface area contributed by atoms with Crippen LogP contribution in [0, 0.1) is 0 Å². The summed E-state index contributed by atoms with van der Waals surface area (Å²) in [6.45, 7) is 2.07. The number of methoxy groups -OCH3 is 2. The maximum Gasteiger partial charge on any atom is 0.340 e. The zero-order chi connectivity index (χ0) is 16.0. The van der Waals surface area contributed by atoms with E-state index >= 15 is 0 Å². The van der Waals surface area contributed by atoms with Crippen LogP contribution in [0.5, 0.6) is 0 Å². The van der Waals surface area contributed by atoms with Crippen LogP contribution in [0.1, 0.15) is 17.3 Å². The fourth-order valence-electron chi connectivity index (χ4n) is 1.82. The fraction of sp³-hybridized carbons (Fsp3) is 0.636. The second kappa shape index (κ2) is 7.50. The largest absolute Gasteiger partial charge is 0.478 e. The van der Waals surface area contributed by atoms with Crippen molar-refractivity contribution in [1.82, 2.24) is 14.5 Å². The van der Waals surface area contributed by atoms with Crippen LogP contribution in [0.3, 0.4) is 0 Å². The highest BCUT2D eigenvalue weighted by atomic mass is 32.2. The zero-order valence-corrected chi connectivity index (χ0v) is 12.9. The van der Waals surface area contributed by atoms with E-state index in [1.807, 2.05) is 0 Å². The zero-order valence-electron chi connectivity index (χ0n) is 12.1. The number of hydrogen-bond acceptors (Lipinski definition) is 6. The van der Waals surface area contributed by atoms with Crippen LogP contribution in [-0.2, 0) is 19.5 Å². The lowest BCUT2D eigenvalue weighted by molar-refractivity contribution is 0.0692. The summed E-state index contributed by atoms with van der Waals surface area (Å²) in [5.74, 6) is -1.37. The fourth-order valence-corrected chi connectivity index (χ4v) is 3.49. The Morgan fingerprint density at radius 2 is 2.14 bits per heavy atom. The molecule has 0 aliphatic carbocycles. The van der Waals surface area contributed by atoms with Crippen molar-refractivity contribution in [2.75, 3.05) is 34.0 Å². The average molecular weight is 321 g/mol. The van der Waals surface area contributed by atoms with Gasteiger partial charge in [0.1, 0.15) is 5.56 Å². The highest BCUT2D eigenvalue weighted by Crippen LogP contribution is 2.20. The van der Waals surface area contributed by atoms with E-state index in [1.54, 1.807) is 6.92 Å². The molecule has 0 aromatic carbocycles. The maximum atomic E-state index is 12.6.